The first-order chi connectivity index (χ1) is 9.97. The first kappa shape index (κ1) is 14.4. The van der Waals surface area contributed by atoms with Gasteiger partial charge in [0.1, 0.15) is 5.82 Å². The smallest absolute Gasteiger partial charge is 0.229 e. The van der Waals surface area contributed by atoms with E-state index in [9.17, 15) is 14.3 Å². The Balaban J connectivity index is 1.75. The second-order valence-electron chi connectivity index (χ2n) is 5.69. The number of fused-ring (bicyclic) bond motifs is 1. The fourth-order valence-electron chi connectivity index (χ4n) is 2.83. The number of benzene rings is 1. The zero-order valence-corrected chi connectivity index (χ0v) is 12.6. The maximum atomic E-state index is 13.5. The molecule has 1 aromatic carbocycles. The standard InChI is InChI=1S/C15H17FN2O2S/c1-9-10(16)4-5-11-13(9)18-14(21-11)17-12(19)8-15(20)6-2-3-7-15/h4-5,20H,2-3,6-8H2,1H3,(H,17,18,19). The van der Waals surface area contributed by atoms with Gasteiger partial charge < -0.3 is 10.4 Å². The number of halogens is 1. The quantitative estimate of drug-likeness (QED) is 0.913. The molecular formula is C15H17FN2O2S. The highest BCUT2D eigenvalue weighted by Crippen LogP contribution is 2.33. The molecule has 0 unspecified atom stereocenters. The Hall–Kier alpha value is -1.53. The SMILES string of the molecule is Cc1c(F)ccc2sc(NC(=O)CC3(O)CCCC3)nc12. The van der Waals surface area contributed by atoms with Crippen molar-refractivity contribution in [3.8, 4) is 0 Å². The first-order valence-corrected chi connectivity index (χ1v) is 7.86. The zero-order chi connectivity index (χ0) is 15.0. The summed E-state index contributed by atoms with van der Waals surface area (Å²) < 4.78 is 14.3. The number of anilines is 1. The van der Waals surface area contributed by atoms with Crippen molar-refractivity contribution in [1.82, 2.24) is 4.98 Å². The van der Waals surface area contributed by atoms with Crippen LogP contribution >= 0.6 is 11.3 Å². The van der Waals surface area contributed by atoms with Gasteiger partial charge in [-0.2, -0.15) is 0 Å². The number of hydrogen-bond donors (Lipinski definition) is 2. The number of amides is 1. The Morgan fingerprint density at radius 2 is 2.19 bits per heavy atom. The third-order valence-electron chi connectivity index (χ3n) is 4.02. The summed E-state index contributed by atoms with van der Waals surface area (Å²) in [5.41, 5.74) is 0.191. The van der Waals surface area contributed by atoms with Gasteiger partial charge in [0.25, 0.3) is 0 Å². The molecule has 1 amide bonds. The number of thiazole rings is 1. The lowest BCUT2D eigenvalue weighted by Crippen LogP contribution is -2.30. The average molecular weight is 308 g/mol. The molecule has 6 heteroatoms. The Labute approximate surface area is 126 Å². The number of rotatable bonds is 3. The average Bonchev–Trinajstić information content (AvgIpc) is 3.00. The first-order valence-electron chi connectivity index (χ1n) is 7.05. The van der Waals surface area contributed by atoms with Gasteiger partial charge >= 0.3 is 0 Å². The summed E-state index contributed by atoms with van der Waals surface area (Å²) in [6, 6.07) is 3.07. The molecule has 0 atom stereocenters. The van der Waals surface area contributed by atoms with Crippen LogP contribution in [0.2, 0.25) is 0 Å². The third-order valence-corrected chi connectivity index (χ3v) is 4.95. The van der Waals surface area contributed by atoms with Gasteiger partial charge in [-0.25, -0.2) is 9.37 Å². The Morgan fingerprint density at radius 3 is 2.90 bits per heavy atom. The van der Waals surface area contributed by atoms with Gasteiger partial charge in [-0.1, -0.05) is 24.2 Å². The predicted molar refractivity (Wildman–Crippen MR) is 81.0 cm³/mol. The van der Waals surface area contributed by atoms with Crippen molar-refractivity contribution < 1.29 is 14.3 Å². The van der Waals surface area contributed by atoms with Crippen molar-refractivity contribution >= 4 is 32.6 Å². The molecular weight excluding hydrogens is 291 g/mol. The molecule has 4 nitrogen and oxygen atoms in total. The van der Waals surface area contributed by atoms with Crippen molar-refractivity contribution in [2.75, 3.05) is 5.32 Å². The van der Waals surface area contributed by atoms with Gasteiger partial charge in [0.15, 0.2) is 5.13 Å². The number of aryl methyl sites for hydroxylation is 1. The van der Waals surface area contributed by atoms with Gasteiger partial charge in [-0.15, -0.1) is 0 Å². The minimum absolute atomic E-state index is 0.0935. The number of carbonyl (C=O) groups is 1. The Morgan fingerprint density at radius 1 is 1.48 bits per heavy atom. The molecule has 0 aliphatic heterocycles. The van der Waals surface area contributed by atoms with Crippen LogP contribution in [-0.4, -0.2) is 21.6 Å². The highest BCUT2D eigenvalue weighted by atomic mass is 32.1. The van der Waals surface area contributed by atoms with Crippen molar-refractivity contribution in [3.63, 3.8) is 0 Å². The molecule has 2 aromatic rings. The van der Waals surface area contributed by atoms with Crippen molar-refractivity contribution in [1.29, 1.82) is 0 Å². The van der Waals surface area contributed by atoms with Crippen LogP contribution in [0.1, 0.15) is 37.7 Å². The van der Waals surface area contributed by atoms with E-state index < -0.39 is 5.60 Å². The molecule has 1 fully saturated rings. The van der Waals surface area contributed by atoms with E-state index in [1.165, 1.54) is 17.4 Å². The van der Waals surface area contributed by atoms with E-state index in [0.29, 0.717) is 29.1 Å². The molecule has 1 aliphatic rings. The van der Waals surface area contributed by atoms with Gasteiger partial charge in [0.05, 0.1) is 22.2 Å². The van der Waals surface area contributed by atoms with Crippen LogP contribution < -0.4 is 5.32 Å². The number of aromatic nitrogens is 1. The summed E-state index contributed by atoms with van der Waals surface area (Å²) in [7, 11) is 0. The highest BCUT2D eigenvalue weighted by Gasteiger charge is 2.33. The number of carbonyl (C=O) groups excluding carboxylic acids is 1. The lowest BCUT2D eigenvalue weighted by Gasteiger charge is -2.20. The maximum absolute atomic E-state index is 13.5. The van der Waals surface area contributed by atoms with Gasteiger partial charge in [-0.3, -0.25) is 4.79 Å². The number of nitrogens with one attached hydrogen (secondary N) is 1. The van der Waals surface area contributed by atoms with Crippen molar-refractivity contribution in [2.45, 2.75) is 44.6 Å². The second-order valence-corrected chi connectivity index (χ2v) is 6.73. The van der Waals surface area contributed by atoms with E-state index in [-0.39, 0.29) is 18.1 Å². The normalized spacial score (nSPS) is 17.3. The predicted octanol–water partition coefficient (Wildman–Crippen LogP) is 3.38. The minimum atomic E-state index is -0.872. The minimum Gasteiger partial charge on any atom is -0.389 e. The molecule has 112 valence electrons. The summed E-state index contributed by atoms with van der Waals surface area (Å²) >= 11 is 1.31. The molecule has 3 rings (SSSR count). The largest absolute Gasteiger partial charge is 0.389 e. The molecule has 2 N–H and O–H groups in total. The van der Waals surface area contributed by atoms with E-state index in [1.807, 2.05) is 0 Å². The molecule has 0 saturated heterocycles. The van der Waals surface area contributed by atoms with Gasteiger partial charge in [-0.05, 0) is 31.9 Å². The van der Waals surface area contributed by atoms with E-state index in [2.05, 4.69) is 10.3 Å². The summed E-state index contributed by atoms with van der Waals surface area (Å²) in [6.07, 6.45) is 3.36. The van der Waals surface area contributed by atoms with Crippen molar-refractivity contribution in [3.05, 3.63) is 23.5 Å². The molecule has 1 aliphatic carbocycles. The van der Waals surface area contributed by atoms with E-state index >= 15 is 0 Å². The summed E-state index contributed by atoms with van der Waals surface area (Å²) in [5, 5.41) is 13.4. The molecule has 1 heterocycles. The second kappa shape index (κ2) is 5.35. The third kappa shape index (κ3) is 2.91. The van der Waals surface area contributed by atoms with E-state index in [4.69, 9.17) is 0 Å². The topological polar surface area (TPSA) is 62.2 Å². The maximum Gasteiger partial charge on any atom is 0.229 e. The molecule has 21 heavy (non-hydrogen) atoms. The molecule has 0 spiro atoms. The molecule has 0 radical (unpaired) electrons. The van der Waals surface area contributed by atoms with Gasteiger partial charge in [0, 0.05) is 5.56 Å². The lowest BCUT2D eigenvalue weighted by atomic mass is 9.98. The molecule has 1 aromatic heterocycles. The number of hydrogen-bond acceptors (Lipinski definition) is 4. The summed E-state index contributed by atoms with van der Waals surface area (Å²) in [4.78, 5) is 16.3. The Kier molecular flexibility index (Phi) is 3.67. The highest BCUT2D eigenvalue weighted by molar-refractivity contribution is 7.22. The Bertz CT molecular complexity index is 692. The van der Waals surface area contributed by atoms with E-state index in [0.717, 1.165) is 17.5 Å². The van der Waals surface area contributed by atoms with Crippen LogP contribution in [0.5, 0.6) is 0 Å². The van der Waals surface area contributed by atoms with Crippen LogP contribution in [0.3, 0.4) is 0 Å². The van der Waals surface area contributed by atoms with Crippen LogP contribution in [0.15, 0.2) is 12.1 Å². The van der Waals surface area contributed by atoms with Crippen LogP contribution in [0, 0.1) is 12.7 Å². The fraction of sp³-hybridized carbons (Fsp3) is 0.467. The van der Waals surface area contributed by atoms with Crippen molar-refractivity contribution in [2.24, 2.45) is 0 Å². The van der Waals surface area contributed by atoms with Gasteiger partial charge in [0.2, 0.25) is 5.91 Å². The molecule has 0 bridgehead atoms. The van der Waals surface area contributed by atoms with Crippen LogP contribution in [-0.2, 0) is 4.79 Å². The lowest BCUT2D eigenvalue weighted by molar-refractivity contribution is -0.120. The molecule has 1 saturated carbocycles. The summed E-state index contributed by atoms with van der Waals surface area (Å²) in [6.45, 7) is 1.67. The van der Waals surface area contributed by atoms with Crippen LogP contribution in [0.4, 0.5) is 9.52 Å². The monoisotopic (exact) mass is 308 g/mol. The van der Waals surface area contributed by atoms with Crippen LogP contribution in [0.25, 0.3) is 10.2 Å². The fourth-order valence-corrected chi connectivity index (χ4v) is 3.77. The zero-order valence-electron chi connectivity index (χ0n) is 11.8. The number of aliphatic hydroxyl groups is 1. The number of nitrogens with zero attached hydrogens (tertiary/aromatic N) is 1. The van der Waals surface area contributed by atoms with E-state index in [1.54, 1.807) is 13.0 Å². The summed E-state index contributed by atoms with van der Waals surface area (Å²) in [5.74, 6) is -0.539.